The zero-order valence-corrected chi connectivity index (χ0v) is 11.3. The van der Waals surface area contributed by atoms with Crippen LogP contribution in [0.3, 0.4) is 0 Å². The molecule has 0 saturated carbocycles. The van der Waals surface area contributed by atoms with Gasteiger partial charge in [0.05, 0.1) is 17.4 Å². The van der Waals surface area contributed by atoms with E-state index >= 15 is 0 Å². The van der Waals surface area contributed by atoms with E-state index in [1.807, 2.05) is 0 Å². The molecule has 1 aliphatic heterocycles. The summed E-state index contributed by atoms with van der Waals surface area (Å²) in [7, 11) is -3.21. The number of carbonyl (C=O) groups excluding carboxylic acids is 1. The van der Waals surface area contributed by atoms with E-state index < -0.39 is 21.8 Å². The van der Waals surface area contributed by atoms with Crippen LogP contribution in [0.5, 0.6) is 0 Å². The highest BCUT2D eigenvalue weighted by Gasteiger charge is 2.24. The fourth-order valence-corrected chi connectivity index (χ4v) is 3.16. The van der Waals surface area contributed by atoms with Gasteiger partial charge in [-0.3, -0.25) is 4.79 Å². The van der Waals surface area contributed by atoms with Crippen molar-refractivity contribution < 1.29 is 13.2 Å². The van der Waals surface area contributed by atoms with Gasteiger partial charge in [-0.15, -0.1) is 0 Å². The number of pyridine rings is 1. The summed E-state index contributed by atoms with van der Waals surface area (Å²) in [5, 5.41) is 3.78. The second kappa shape index (κ2) is 4.87. The van der Waals surface area contributed by atoms with Crippen molar-refractivity contribution in [2.75, 3.05) is 5.75 Å². The van der Waals surface area contributed by atoms with Gasteiger partial charge in [0, 0.05) is 5.41 Å². The van der Waals surface area contributed by atoms with Crippen LogP contribution < -0.4 is 5.32 Å². The SMILES string of the molecule is O=C(NC1C=CS(=O)(=O)C1)c1ccc(Cl)nc1Cl. The lowest BCUT2D eigenvalue weighted by Gasteiger charge is -2.10. The molecule has 1 aromatic rings. The van der Waals surface area contributed by atoms with E-state index in [-0.39, 0.29) is 21.6 Å². The number of sulfone groups is 1. The standard InChI is InChI=1S/C10H8Cl2N2O3S/c11-8-2-1-7(9(12)14-8)10(15)13-6-3-4-18(16,17)5-6/h1-4,6H,5H2,(H,13,15). The zero-order valence-electron chi connectivity index (χ0n) is 8.93. The van der Waals surface area contributed by atoms with Gasteiger partial charge in [-0.2, -0.15) is 0 Å². The molecule has 18 heavy (non-hydrogen) atoms. The number of nitrogens with one attached hydrogen (secondary N) is 1. The van der Waals surface area contributed by atoms with E-state index in [2.05, 4.69) is 10.3 Å². The van der Waals surface area contributed by atoms with Gasteiger partial charge in [-0.1, -0.05) is 23.2 Å². The smallest absolute Gasteiger partial charge is 0.254 e. The van der Waals surface area contributed by atoms with Crippen molar-refractivity contribution in [3.63, 3.8) is 0 Å². The van der Waals surface area contributed by atoms with E-state index in [0.29, 0.717) is 0 Å². The third-order valence-corrected chi connectivity index (χ3v) is 4.20. The molecule has 0 aromatic carbocycles. The number of nitrogens with zero attached hydrogens (tertiary/aromatic N) is 1. The maximum Gasteiger partial charge on any atom is 0.254 e. The summed E-state index contributed by atoms with van der Waals surface area (Å²) in [5.74, 6) is -0.631. The normalized spacial score (nSPS) is 20.9. The van der Waals surface area contributed by atoms with E-state index in [0.717, 1.165) is 5.41 Å². The molecular weight excluding hydrogens is 299 g/mol. The molecule has 0 fully saturated rings. The first kappa shape index (κ1) is 13.3. The minimum atomic E-state index is -3.21. The van der Waals surface area contributed by atoms with Gasteiger partial charge in [0.1, 0.15) is 10.3 Å². The summed E-state index contributed by atoms with van der Waals surface area (Å²) in [5.41, 5.74) is 0.152. The Bertz CT molecular complexity index is 628. The minimum Gasteiger partial charge on any atom is -0.345 e. The monoisotopic (exact) mass is 306 g/mol. The molecule has 1 aliphatic rings. The van der Waals surface area contributed by atoms with Crippen molar-refractivity contribution in [1.29, 1.82) is 0 Å². The molecule has 5 nitrogen and oxygen atoms in total. The first-order chi connectivity index (χ1) is 8.37. The Hall–Kier alpha value is -1.11. The van der Waals surface area contributed by atoms with Crippen LogP contribution in [0, 0.1) is 0 Å². The second-order valence-corrected chi connectivity index (χ2v) is 6.39. The summed E-state index contributed by atoms with van der Waals surface area (Å²) in [6.45, 7) is 0. The Kier molecular flexibility index (Phi) is 3.61. The zero-order chi connectivity index (χ0) is 13.3. The number of rotatable bonds is 2. The van der Waals surface area contributed by atoms with E-state index in [1.54, 1.807) is 0 Å². The number of amides is 1. The Labute approximate surface area is 114 Å². The minimum absolute atomic E-state index is 0.0233. The summed E-state index contributed by atoms with van der Waals surface area (Å²) < 4.78 is 22.4. The molecule has 0 spiro atoms. The Morgan fingerprint density at radius 1 is 1.39 bits per heavy atom. The van der Waals surface area contributed by atoms with Crippen LogP contribution in [0.15, 0.2) is 23.6 Å². The highest BCUT2D eigenvalue weighted by atomic mass is 35.5. The molecular formula is C10H8Cl2N2O3S. The molecule has 0 radical (unpaired) electrons. The Balaban J connectivity index is 2.12. The largest absolute Gasteiger partial charge is 0.345 e. The third kappa shape index (κ3) is 3.01. The summed E-state index contributed by atoms with van der Waals surface area (Å²) in [4.78, 5) is 15.6. The first-order valence-corrected chi connectivity index (χ1v) is 7.38. The summed E-state index contributed by atoms with van der Waals surface area (Å²) in [6.07, 6.45) is 1.42. The van der Waals surface area contributed by atoms with Crippen molar-refractivity contribution in [2.45, 2.75) is 6.04 Å². The fraction of sp³-hybridized carbons (Fsp3) is 0.200. The van der Waals surface area contributed by atoms with Gasteiger partial charge in [-0.25, -0.2) is 13.4 Å². The molecule has 1 atom stereocenters. The lowest BCUT2D eigenvalue weighted by Crippen LogP contribution is -2.35. The van der Waals surface area contributed by atoms with Crippen molar-refractivity contribution in [3.8, 4) is 0 Å². The number of halogens is 2. The van der Waals surface area contributed by atoms with Crippen LogP contribution in [0.1, 0.15) is 10.4 Å². The van der Waals surface area contributed by atoms with Crippen LogP contribution in [0.2, 0.25) is 10.3 Å². The van der Waals surface area contributed by atoms with Gasteiger partial charge in [0.25, 0.3) is 5.91 Å². The molecule has 2 rings (SSSR count). The average molecular weight is 307 g/mol. The molecule has 1 unspecified atom stereocenters. The van der Waals surface area contributed by atoms with Gasteiger partial charge in [-0.05, 0) is 18.2 Å². The van der Waals surface area contributed by atoms with Gasteiger partial charge in [0.15, 0.2) is 9.84 Å². The predicted molar refractivity (Wildman–Crippen MR) is 68.4 cm³/mol. The quantitative estimate of drug-likeness (QED) is 0.839. The van der Waals surface area contributed by atoms with E-state index in [9.17, 15) is 13.2 Å². The van der Waals surface area contributed by atoms with Crippen LogP contribution in [-0.2, 0) is 9.84 Å². The second-order valence-electron chi connectivity index (χ2n) is 3.71. The average Bonchev–Trinajstić information content (AvgIpc) is 2.57. The van der Waals surface area contributed by atoms with Crippen LogP contribution in [0.4, 0.5) is 0 Å². The highest BCUT2D eigenvalue weighted by Crippen LogP contribution is 2.17. The van der Waals surface area contributed by atoms with Gasteiger partial charge >= 0.3 is 0 Å². The highest BCUT2D eigenvalue weighted by molar-refractivity contribution is 7.94. The fourth-order valence-electron chi connectivity index (χ4n) is 1.49. The van der Waals surface area contributed by atoms with Crippen LogP contribution in [0.25, 0.3) is 0 Å². The summed E-state index contributed by atoms with van der Waals surface area (Å²) in [6, 6.07) is 2.32. The number of hydrogen-bond donors (Lipinski definition) is 1. The van der Waals surface area contributed by atoms with Gasteiger partial charge in [0.2, 0.25) is 0 Å². The van der Waals surface area contributed by atoms with Crippen molar-refractivity contribution >= 4 is 38.9 Å². The third-order valence-electron chi connectivity index (χ3n) is 2.31. The topological polar surface area (TPSA) is 76.1 Å². The number of carbonyl (C=O) groups is 1. The molecule has 2 heterocycles. The Morgan fingerprint density at radius 2 is 2.11 bits per heavy atom. The first-order valence-electron chi connectivity index (χ1n) is 4.91. The Morgan fingerprint density at radius 3 is 2.67 bits per heavy atom. The molecule has 1 N–H and O–H groups in total. The van der Waals surface area contributed by atoms with Gasteiger partial charge < -0.3 is 5.32 Å². The molecule has 1 amide bonds. The molecule has 1 aromatic heterocycles. The molecule has 0 bridgehead atoms. The number of aromatic nitrogens is 1. The maximum atomic E-state index is 11.8. The molecule has 0 aliphatic carbocycles. The predicted octanol–water partition coefficient (Wildman–Crippen LogP) is 1.43. The van der Waals surface area contributed by atoms with Crippen molar-refractivity contribution in [3.05, 3.63) is 39.5 Å². The van der Waals surface area contributed by atoms with E-state index in [4.69, 9.17) is 23.2 Å². The van der Waals surface area contributed by atoms with Crippen LogP contribution in [-0.4, -0.2) is 31.1 Å². The van der Waals surface area contributed by atoms with E-state index in [1.165, 1.54) is 18.2 Å². The molecule has 0 saturated heterocycles. The van der Waals surface area contributed by atoms with Crippen molar-refractivity contribution in [2.24, 2.45) is 0 Å². The lowest BCUT2D eigenvalue weighted by atomic mass is 10.2. The van der Waals surface area contributed by atoms with Crippen LogP contribution >= 0.6 is 23.2 Å². The molecule has 8 heteroatoms. The lowest BCUT2D eigenvalue weighted by molar-refractivity contribution is 0.0947. The molecule has 96 valence electrons. The maximum absolute atomic E-state index is 11.8. The van der Waals surface area contributed by atoms with Crippen molar-refractivity contribution in [1.82, 2.24) is 10.3 Å². The summed E-state index contributed by atoms with van der Waals surface area (Å²) >= 11 is 11.4. The number of hydrogen-bond acceptors (Lipinski definition) is 4.